The predicted molar refractivity (Wildman–Crippen MR) is 72.3 cm³/mol. The largest absolute Gasteiger partial charge is 0.369 e. The lowest BCUT2D eigenvalue weighted by Crippen LogP contribution is -2.53. The average Bonchev–Trinajstić information content (AvgIpc) is 2.37. The minimum atomic E-state index is 0.139. The summed E-state index contributed by atoms with van der Waals surface area (Å²) in [6.45, 7) is 7.51. The summed E-state index contributed by atoms with van der Waals surface area (Å²) < 4.78 is 5.47. The van der Waals surface area contributed by atoms with Gasteiger partial charge in [0, 0.05) is 12.6 Å². The quantitative estimate of drug-likeness (QED) is 0.774. The Morgan fingerprint density at radius 1 is 1.28 bits per heavy atom. The molecule has 1 amide bonds. The maximum Gasteiger partial charge on any atom is 0.248 e. The number of piperidine rings is 1. The number of carbonyl (C=O) groups excluding carboxylic acids is 1. The second-order valence-corrected chi connectivity index (χ2v) is 6.23. The van der Waals surface area contributed by atoms with Gasteiger partial charge in [-0.05, 0) is 44.9 Å². The van der Waals surface area contributed by atoms with Crippen molar-refractivity contribution in [1.29, 1.82) is 0 Å². The van der Waals surface area contributed by atoms with Crippen LogP contribution in [0.2, 0.25) is 0 Å². The molecule has 1 aliphatic carbocycles. The molecule has 1 aliphatic heterocycles. The van der Waals surface area contributed by atoms with E-state index in [-0.39, 0.29) is 18.6 Å². The van der Waals surface area contributed by atoms with Crippen molar-refractivity contribution < 1.29 is 9.53 Å². The molecule has 0 aromatic heterocycles. The van der Waals surface area contributed by atoms with E-state index < -0.39 is 0 Å². The lowest BCUT2D eigenvalue weighted by molar-refractivity contribution is -0.145. The molecule has 1 heterocycles. The van der Waals surface area contributed by atoms with Crippen LogP contribution in [0.1, 0.15) is 52.9 Å². The molecule has 1 saturated heterocycles. The zero-order valence-electron chi connectivity index (χ0n) is 12.0. The Morgan fingerprint density at radius 3 is 2.72 bits per heavy atom. The molecular formula is C15H27NO2. The van der Waals surface area contributed by atoms with E-state index in [9.17, 15) is 4.79 Å². The van der Waals surface area contributed by atoms with Crippen molar-refractivity contribution in [3.63, 3.8) is 0 Å². The third-order valence-electron chi connectivity index (χ3n) is 4.60. The number of carbonyl (C=O) groups is 1. The summed E-state index contributed by atoms with van der Waals surface area (Å²) in [6.07, 6.45) is 6.43. The summed E-state index contributed by atoms with van der Waals surface area (Å²) in [4.78, 5) is 14.4. The fraction of sp³-hybridized carbons (Fsp3) is 0.933. The average molecular weight is 253 g/mol. The molecule has 3 heteroatoms. The number of hydrogen-bond acceptors (Lipinski definition) is 2. The van der Waals surface area contributed by atoms with Gasteiger partial charge in [0.1, 0.15) is 6.61 Å². The molecule has 3 atom stereocenters. The zero-order valence-corrected chi connectivity index (χ0v) is 12.0. The maximum absolute atomic E-state index is 12.3. The van der Waals surface area contributed by atoms with Crippen LogP contribution in [-0.4, -0.2) is 36.1 Å². The highest BCUT2D eigenvalue weighted by Crippen LogP contribution is 2.38. The minimum Gasteiger partial charge on any atom is -0.369 e. The molecule has 3 nitrogen and oxygen atoms in total. The molecule has 2 aliphatic rings. The van der Waals surface area contributed by atoms with Crippen LogP contribution in [0.4, 0.5) is 0 Å². The zero-order chi connectivity index (χ0) is 13.1. The van der Waals surface area contributed by atoms with Crippen LogP contribution >= 0.6 is 0 Å². The van der Waals surface area contributed by atoms with Crippen LogP contribution in [0, 0.1) is 11.8 Å². The number of amides is 1. The summed E-state index contributed by atoms with van der Waals surface area (Å²) in [5, 5.41) is 0. The number of nitrogens with zero attached hydrogens (tertiary/aromatic N) is 1. The first-order chi connectivity index (χ1) is 8.59. The molecule has 104 valence electrons. The predicted octanol–water partition coefficient (Wildman–Crippen LogP) is 2.84. The van der Waals surface area contributed by atoms with Crippen LogP contribution in [0.3, 0.4) is 0 Å². The van der Waals surface area contributed by atoms with Crippen molar-refractivity contribution in [3.8, 4) is 0 Å². The van der Waals surface area contributed by atoms with Gasteiger partial charge >= 0.3 is 0 Å². The highest BCUT2D eigenvalue weighted by Gasteiger charge is 2.39. The third kappa shape index (κ3) is 3.05. The Balaban J connectivity index is 1.96. The van der Waals surface area contributed by atoms with Crippen molar-refractivity contribution in [2.75, 3.05) is 13.2 Å². The lowest BCUT2D eigenvalue weighted by Gasteiger charge is -2.47. The number of ether oxygens (including phenoxy) is 1. The van der Waals surface area contributed by atoms with Gasteiger partial charge in [0.15, 0.2) is 0 Å². The SMILES string of the molecule is CC(C)OCC(=O)N1CCC(C)C2CCCCC21. The molecule has 0 radical (unpaired) electrons. The van der Waals surface area contributed by atoms with Crippen molar-refractivity contribution >= 4 is 5.91 Å². The van der Waals surface area contributed by atoms with Crippen LogP contribution in [0.25, 0.3) is 0 Å². The Hall–Kier alpha value is -0.570. The number of rotatable bonds is 3. The van der Waals surface area contributed by atoms with Gasteiger partial charge in [0.25, 0.3) is 0 Å². The number of hydrogen-bond donors (Lipinski definition) is 0. The van der Waals surface area contributed by atoms with Crippen molar-refractivity contribution in [1.82, 2.24) is 4.90 Å². The molecule has 2 rings (SSSR count). The van der Waals surface area contributed by atoms with E-state index in [4.69, 9.17) is 4.74 Å². The fourth-order valence-electron chi connectivity index (χ4n) is 3.54. The van der Waals surface area contributed by atoms with Gasteiger partial charge in [0.2, 0.25) is 5.91 Å². The molecular weight excluding hydrogens is 226 g/mol. The van der Waals surface area contributed by atoms with E-state index >= 15 is 0 Å². The summed E-state index contributed by atoms with van der Waals surface area (Å²) in [5.41, 5.74) is 0. The van der Waals surface area contributed by atoms with Crippen molar-refractivity contribution in [2.45, 2.75) is 65.0 Å². The first-order valence-electron chi connectivity index (χ1n) is 7.50. The summed E-state index contributed by atoms with van der Waals surface area (Å²) in [7, 11) is 0. The lowest BCUT2D eigenvalue weighted by atomic mass is 9.72. The van der Waals surface area contributed by atoms with E-state index in [1.54, 1.807) is 0 Å². The molecule has 0 spiro atoms. The maximum atomic E-state index is 12.3. The summed E-state index contributed by atoms with van der Waals surface area (Å²) >= 11 is 0. The first-order valence-corrected chi connectivity index (χ1v) is 7.50. The monoisotopic (exact) mass is 253 g/mol. The van der Waals surface area contributed by atoms with Crippen molar-refractivity contribution in [2.24, 2.45) is 11.8 Å². The summed E-state index contributed by atoms with van der Waals surface area (Å²) in [5.74, 6) is 1.72. The fourth-order valence-corrected chi connectivity index (χ4v) is 3.54. The molecule has 0 N–H and O–H groups in total. The number of likely N-dealkylation sites (tertiary alicyclic amines) is 1. The molecule has 18 heavy (non-hydrogen) atoms. The minimum absolute atomic E-state index is 0.139. The Kier molecular flexibility index (Phi) is 4.66. The molecule has 0 aromatic carbocycles. The van der Waals surface area contributed by atoms with E-state index in [0.29, 0.717) is 6.04 Å². The van der Waals surface area contributed by atoms with Crippen LogP contribution < -0.4 is 0 Å². The van der Waals surface area contributed by atoms with Gasteiger partial charge in [-0.15, -0.1) is 0 Å². The van der Waals surface area contributed by atoms with E-state index in [1.165, 1.54) is 25.7 Å². The topological polar surface area (TPSA) is 29.5 Å². The van der Waals surface area contributed by atoms with Gasteiger partial charge in [0.05, 0.1) is 6.10 Å². The van der Waals surface area contributed by atoms with Gasteiger partial charge in [-0.1, -0.05) is 19.8 Å². The number of fused-ring (bicyclic) bond motifs is 1. The Morgan fingerprint density at radius 2 is 2.00 bits per heavy atom. The van der Waals surface area contributed by atoms with Gasteiger partial charge in [-0.3, -0.25) is 4.79 Å². The molecule has 3 unspecified atom stereocenters. The van der Waals surface area contributed by atoms with Crippen LogP contribution in [-0.2, 0) is 9.53 Å². The van der Waals surface area contributed by atoms with Crippen LogP contribution in [0.15, 0.2) is 0 Å². The molecule has 0 aromatic rings. The van der Waals surface area contributed by atoms with Crippen molar-refractivity contribution in [3.05, 3.63) is 0 Å². The normalized spacial score (nSPS) is 32.4. The summed E-state index contributed by atoms with van der Waals surface area (Å²) in [6, 6.07) is 0.491. The second-order valence-electron chi connectivity index (χ2n) is 6.23. The molecule has 1 saturated carbocycles. The van der Waals surface area contributed by atoms with Gasteiger partial charge in [-0.25, -0.2) is 0 Å². The third-order valence-corrected chi connectivity index (χ3v) is 4.60. The molecule has 2 fully saturated rings. The first kappa shape index (κ1) is 13.9. The van der Waals surface area contributed by atoms with E-state index in [1.807, 2.05) is 13.8 Å². The Labute approximate surface area is 111 Å². The highest BCUT2D eigenvalue weighted by molar-refractivity contribution is 5.78. The highest BCUT2D eigenvalue weighted by atomic mass is 16.5. The smallest absolute Gasteiger partial charge is 0.248 e. The van der Waals surface area contributed by atoms with E-state index in [2.05, 4.69) is 11.8 Å². The van der Waals surface area contributed by atoms with Gasteiger partial charge < -0.3 is 9.64 Å². The Bertz CT molecular complexity index is 290. The van der Waals surface area contributed by atoms with Crippen LogP contribution in [0.5, 0.6) is 0 Å². The molecule has 0 bridgehead atoms. The second kappa shape index (κ2) is 6.05. The van der Waals surface area contributed by atoms with Gasteiger partial charge in [-0.2, -0.15) is 0 Å². The standard InChI is InChI=1S/C15H27NO2/c1-11(2)18-10-15(17)16-9-8-12(3)13-6-4-5-7-14(13)16/h11-14H,4-10H2,1-3H3. The van der Waals surface area contributed by atoms with E-state index in [0.717, 1.165) is 24.8 Å².